The minimum Gasteiger partial charge on any atom is -0.320 e. The van der Waals surface area contributed by atoms with Crippen LogP contribution in [0.1, 0.15) is 17.2 Å². The van der Waals surface area contributed by atoms with Gasteiger partial charge in [-0.2, -0.15) is 0 Å². The van der Waals surface area contributed by atoms with Crippen LogP contribution in [0.5, 0.6) is 0 Å². The molecular weight excluding hydrogens is 241 g/mol. The van der Waals surface area contributed by atoms with Gasteiger partial charge >= 0.3 is 0 Å². The van der Waals surface area contributed by atoms with Crippen molar-refractivity contribution in [3.8, 4) is 0 Å². The van der Waals surface area contributed by atoms with E-state index in [1.807, 2.05) is 36.4 Å². The maximum atomic E-state index is 6.14. The summed E-state index contributed by atoms with van der Waals surface area (Å²) in [5.74, 6) is 0. The molecule has 1 nitrogen and oxygen atoms in total. The molecule has 0 amide bonds. The lowest BCUT2D eigenvalue weighted by molar-refractivity contribution is 0.872. The van der Waals surface area contributed by atoms with E-state index in [0.717, 1.165) is 11.1 Å². The minimum atomic E-state index is -0.243. The molecule has 1 atom stereocenters. The smallest absolute Gasteiger partial charge is 0.0566 e. The standard InChI is InChI=1S/C13H11Cl2N/c14-10-6-7-12(15)11(8-10)13(16)9-4-2-1-3-5-9/h1-8,13H,16H2/t13-/m0/s1. The van der Waals surface area contributed by atoms with E-state index in [4.69, 9.17) is 28.9 Å². The second-order valence-corrected chi connectivity index (χ2v) is 4.40. The Hall–Kier alpha value is -1.02. The van der Waals surface area contributed by atoms with Crippen molar-refractivity contribution in [2.45, 2.75) is 6.04 Å². The molecule has 0 saturated carbocycles. The summed E-state index contributed by atoms with van der Waals surface area (Å²) in [6, 6.07) is 14.9. The Morgan fingerprint density at radius 2 is 1.62 bits per heavy atom. The normalized spacial score (nSPS) is 12.4. The molecule has 2 aromatic carbocycles. The molecule has 0 bridgehead atoms. The molecule has 2 aromatic rings. The van der Waals surface area contributed by atoms with Crippen LogP contribution in [0.2, 0.25) is 10.0 Å². The number of benzene rings is 2. The predicted molar refractivity (Wildman–Crippen MR) is 68.9 cm³/mol. The molecule has 0 aliphatic rings. The summed E-state index contributed by atoms with van der Waals surface area (Å²) < 4.78 is 0. The fraction of sp³-hybridized carbons (Fsp3) is 0.0769. The Bertz CT molecular complexity index is 483. The SMILES string of the molecule is N[C@@H](c1ccccc1)c1cc(Cl)ccc1Cl. The molecular formula is C13H11Cl2N. The fourth-order valence-electron chi connectivity index (χ4n) is 1.59. The third-order valence-corrected chi connectivity index (χ3v) is 3.03. The number of rotatable bonds is 2. The van der Waals surface area contributed by atoms with Crippen molar-refractivity contribution in [1.82, 2.24) is 0 Å². The third-order valence-electron chi connectivity index (χ3n) is 2.45. The van der Waals surface area contributed by atoms with E-state index in [9.17, 15) is 0 Å². The van der Waals surface area contributed by atoms with Gasteiger partial charge in [0.05, 0.1) is 6.04 Å². The Balaban J connectivity index is 2.41. The van der Waals surface area contributed by atoms with Gasteiger partial charge < -0.3 is 5.73 Å². The quantitative estimate of drug-likeness (QED) is 0.857. The van der Waals surface area contributed by atoms with Crippen LogP contribution in [0, 0.1) is 0 Å². The molecule has 3 heteroatoms. The lowest BCUT2D eigenvalue weighted by atomic mass is 10.00. The summed E-state index contributed by atoms with van der Waals surface area (Å²) in [6.45, 7) is 0. The van der Waals surface area contributed by atoms with E-state index < -0.39 is 0 Å². The molecule has 0 aliphatic carbocycles. The summed E-state index contributed by atoms with van der Waals surface area (Å²) in [7, 11) is 0. The van der Waals surface area contributed by atoms with Gasteiger partial charge in [0, 0.05) is 10.0 Å². The molecule has 0 aromatic heterocycles. The molecule has 0 radical (unpaired) electrons. The van der Waals surface area contributed by atoms with Crippen LogP contribution in [0.3, 0.4) is 0 Å². The van der Waals surface area contributed by atoms with Crippen LogP contribution < -0.4 is 5.73 Å². The first-order valence-electron chi connectivity index (χ1n) is 4.94. The Labute approximate surface area is 105 Å². The van der Waals surface area contributed by atoms with Gasteiger partial charge in [0.25, 0.3) is 0 Å². The van der Waals surface area contributed by atoms with Crippen molar-refractivity contribution in [2.24, 2.45) is 5.73 Å². The maximum Gasteiger partial charge on any atom is 0.0566 e. The molecule has 82 valence electrons. The number of hydrogen-bond donors (Lipinski definition) is 1. The van der Waals surface area contributed by atoms with Gasteiger partial charge in [-0.05, 0) is 29.3 Å². The van der Waals surface area contributed by atoms with Crippen LogP contribution in [0.25, 0.3) is 0 Å². The topological polar surface area (TPSA) is 26.0 Å². The zero-order valence-corrected chi connectivity index (χ0v) is 10.0. The Kier molecular flexibility index (Phi) is 3.49. The van der Waals surface area contributed by atoms with E-state index in [1.165, 1.54) is 0 Å². The van der Waals surface area contributed by atoms with E-state index in [0.29, 0.717) is 10.0 Å². The molecule has 0 aliphatic heterocycles. The highest BCUT2D eigenvalue weighted by atomic mass is 35.5. The van der Waals surface area contributed by atoms with Crippen molar-refractivity contribution in [2.75, 3.05) is 0 Å². The highest BCUT2D eigenvalue weighted by Gasteiger charge is 2.12. The van der Waals surface area contributed by atoms with Crippen LogP contribution >= 0.6 is 23.2 Å². The third kappa shape index (κ3) is 2.38. The zero-order chi connectivity index (χ0) is 11.5. The van der Waals surface area contributed by atoms with Crippen LogP contribution in [-0.2, 0) is 0 Å². The zero-order valence-electron chi connectivity index (χ0n) is 8.53. The van der Waals surface area contributed by atoms with Gasteiger partial charge in [0.15, 0.2) is 0 Å². The molecule has 0 saturated heterocycles. The summed E-state index contributed by atoms with van der Waals surface area (Å²) in [5.41, 5.74) is 8.01. The molecule has 0 heterocycles. The van der Waals surface area contributed by atoms with E-state index in [1.54, 1.807) is 12.1 Å². The number of hydrogen-bond acceptors (Lipinski definition) is 1. The molecule has 2 N–H and O–H groups in total. The van der Waals surface area contributed by atoms with Crippen molar-refractivity contribution in [1.29, 1.82) is 0 Å². The first-order chi connectivity index (χ1) is 7.68. The lowest BCUT2D eigenvalue weighted by Gasteiger charge is -2.14. The minimum absolute atomic E-state index is 0.243. The van der Waals surface area contributed by atoms with E-state index in [-0.39, 0.29) is 6.04 Å². The maximum absolute atomic E-state index is 6.14. The highest BCUT2D eigenvalue weighted by molar-refractivity contribution is 6.33. The van der Waals surface area contributed by atoms with Crippen molar-refractivity contribution in [3.63, 3.8) is 0 Å². The van der Waals surface area contributed by atoms with Gasteiger partial charge in [-0.3, -0.25) is 0 Å². The highest BCUT2D eigenvalue weighted by Crippen LogP contribution is 2.28. The van der Waals surface area contributed by atoms with Gasteiger partial charge in [-0.1, -0.05) is 53.5 Å². The number of halogens is 2. The predicted octanol–water partition coefficient (Wildman–Crippen LogP) is 4.04. The van der Waals surface area contributed by atoms with E-state index >= 15 is 0 Å². The van der Waals surface area contributed by atoms with Crippen LogP contribution in [0.15, 0.2) is 48.5 Å². The first kappa shape index (κ1) is 11.5. The average molecular weight is 252 g/mol. The molecule has 2 rings (SSSR count). The summed E-state index contributed by atoms with van der Waals surface area (Å²) in [6.07, 6.45) is 0. The second kappa shape index (κ2) is 4.88. The molecule has 0 unspecified atom stereocenters. The van der Waals surface area contributed by atoms with Gasteiger partial charge in [0.1, 0.15) is 0 Å². The van der Waals surface area contributed by atoms with Crippen molar-refractivity contribution in [3.05, 3.63) is 69.7 Å². The van der Waals surface area contributed by atoms with Crippen molar-refractivity contribution >= 4 is 23.2 Å². The van der Waals surface area contributed by atoms with Crippen molar-refractivity contribution < 1.29 is 0 Å². The average Bonchev–Trinajstić information content (AvgIpc) is 2.32. The summed E-state index contributed by atoms with van der Waals surface area (Å²) in [4.78, 5) is 0. The molecule has 16 heavy (non-hydrogen) atoms. The van der Waals surface area contributed by atoms with Gasteiger partial charge in [-0.15, -0.1) is 0 Å². The first-order valence-corrected chi connectivity index (χ1v) is 5.69. The summed E-state index contributed by atoms with van der Waals surface area (Å²) in [5, 5.41) is 1.28. The monoisotopic (exact) mass is 251 g/mol. The van der Waals surface area contributed by atoms with Gasteiger partial charge in [-0.25, -0.2) is 0 Å². The largest absolute Gasteiger partial charge is 0.320 e. The molecule has 0 fully saturated rings. The van der Waals surface area contributed by atoms with Crippen LogP contribution in [-0.4, -0.2) is 0 Å². The Morgan fingerprint density at radius 3 is 2.31 bits per heavy atom. The van der Waals surface area contributed by atoms with Crippen LogP contribution in [0.4, 0.5) is 0 Å². The van der Waals surface area contributed by atoms with E-state index in [2.05, 4.69) is 0 Å². The summed E-state index contributed by atoms with van der Waals surface area (Å²) >= 11 is 12.0. The molecule has 0 spiro atoms. The number of nitrogens with two attached hydrogens (primary N) is 1. The Morgan fingerprint density at radius 1 is 0.938 bits per heavy atom. The fourth-order valence-corrected chi connectivity index (χ4v) is 2.01. The second-order valence-electron chi connectivity index (χ2n) is 3.55. The lowest BCUT2D eigenvalue weighted by Crippen LogP contribution is -2.12. The van der Waals surface area contributed by atoms with Gasteiger partial charge in [0.2, 0.25) is 0 Å².